The molecule has 1 aromatic carbocycles. The average Bonchev–Trinajstić information content (AvgIpc) is 2.29. The van der Waals surface area contributed by atoms with Crippen LogP contribution in [-0.2, 0) is 22.1 Å². The second-order valence-corrected chi connectivity index (χ2v) is 3.81. The zero-order valence-corrected chi connectivity index (χ0v) is 10.0. The van der Waals surface area contributed by atoms with Gasteiger partial charge in [-0.15, -0.1) is 0 Å². The Kier molecular flexibility index (Phi) is 4.77. The van der Waals surface area contributed by atoms with E-state index in [1.807, 2.05) is 0 Å². The number of halogens is 3. The lowest BCUT2D eigenvalue weighted by molar-refractivity contribution is -0.316. The van der Waals surface area contributed by atoms with Gasteiger partial charge in [0.1, 0.15) is 11.9 Å². The van der Waals surface area contributed by atoms with Crippen molar-refractivity contribution in [2.45, 2.75) is 25.6 Å². The molecule has 0 saturated carbocycles. The summed E-state index contributed by atoms with van der Waals surface area (Å²) in [4.78, 5) is 10.8. The van der Waals surface area contributed by atoms with Gasteiger partial charge in [-0.2, -0.15) is 13.2 Å². The van der Waals surface area contributed by atoms with Crippen molar-refractivity contribution >= 4 is 5.97 Å². The summed E-state index contributed by atoms with van der Waals surface area (Å²) < 4.78 is 43.1. The lowest BCUT2D eigenvalue weighted by Crippen LogP contribution is -2.39. The van der Waals surface area contributed by atoms with E-state index in [0.29, 0.717) is 6.07 Å². The van der Waals surface area contributed by atoms with Crippen LogP contribution in [0.25, 0.3) is 0 Å². The number of phenolic OH excluding ortho intramolecular Hbond substituents is 1. The third kappa shape index (κ3) is 4.13. The Morgan fingerprint density at radius 2 is 2.11 bits per heavy atom. The first kappa shape index (κ1) is 15.3. The van der Waals surface area contributed by atoms with E-state index in [4.69, 9.17) is 9.84 Å². The predicted octanol–water partition coefficient (Wildman–Crippen LogP) is 1.11. The van der Waals surface area contributed by atoms with E-state index in [1.54, 1.807) is 0 Å². The lowest BCUT2D eigenvalue weighted by atomic mass is 10.0. The Labute approximate surface area is 107 Å². The third-order valence-electron chi connectivity index (χ3n) is 2.43. The van der Waals surface area contributed by atoms with Crippen LogP contribution in [0.15, 0.2) is 18.2 Å². The van der Waals surface area contributed by atoms with Crippen molar-refractivity contribution < 1.29 is 32.9 Å². The monoisotopic (exact) mass is 277 g/mol. The highest BCUT2D eigenvalue weighted by Crippen LogP contribution is 2.34. The molecule has 0 aliphatic heterocycles. The number of hydrogen-bond acceptors (Lipinski definition) is 4. The molecule has 0 spiro atoms. The number of hydrogen-bond donors (Lipinski definition) is 1. The van der Waals surface area contributed by atoms with Gasteiger partial charge in [0, 0.05) is 13.0 Å². The molecule has 0 amide bonds. The molecule has 0 bridgehead atoms. The molecule has 106 valence electrons. The molecule has 0 fully saturated rings. The van der Waals surface area contributed by atoms with Gasteiger partial charge >= 0.3 is 6.18 Å². The molecule has 1 N–H and O–H groups in total. The smallest absolute Gasteiger partial charge is 0.416 e. The first-order valence-corrected chi connectivity index (χ1v) is 5.47. The van der Waals surface area contributed by atoms with Gasteiger partial charge in [0.05, 0.1) is 11.5 Å². The molecule has 0 saturated heterocycles. The first-order chi connectivity index (χ1) is 8.75. The molecule has 1 aromatic rings. The summed E-state index contributed by atoms with van der Waals surface area (Å²) in [7, 11) is 0. The van der Waals surface area contributed by atoms with E-state index < -0.39 is 36.0 Å². The van der Waals surface area contributed by atoms with E-state index in [0.717, 1.165) is 12.1 Å². The number of aliphatic carboxylic acids is 1. The summed E-state index contributed by atoms with van der Waals surface area (Å²) in [6.45, 7) is 1.56. The molecular formula is C12H12F3O4-. The molecule has 0 aliphatic carbocycles. The minimum atomic E-state index is -4.68. The van der Waals surface area contributed by atoms with Crippen LogP contribution in [0.4, 0.5) is 13.2 Å². The highest BCUT2D eigenvalue weighted by molar-refractivity contribution is 5.70. The summed E-state index contributed by atoms with van der Waals surface area (Å²) >= 11 is 0. The van der Waals surface area contributed by atoms with Crippen LogP contribution in [-0.4, -0.2) is 23.8 Å². The second-order valence-electron chi connectivity index (χ2n) is 3.81. The number of alkyl halides is 3. The molecule has 7 heteroatoms. The Morgan fingerprint density at radius 3 is 2.58 bits per heavy atom. The maximum absolute atomic E-state index is 12.8. The number of rotatable bonds is 5. The number of phenols is 1. The topological polar surface area (TPSA) is 69.6 Å². The molecule has 0 radical (unpaired) electrons. The number of carbonyl (C=O) groups is 1. The van der Waals surface area contributed by atoms with E-state index in [-0.39, 0.29) is 12.2 Å². The quantitative estimate of drug-likeness (QED) is 0.875. The van der Waals surface area contributed by atoms with Crippen molar-refractivity contribution in [2.24, 2.45) is 0 Å². The molecule has 0 aliphatic rings. The highest BCUT2D eigenvalue weighted by atomic mass is 19.4. The third-order valence-corrected chi connectivity index (χ3v) is 2.43. The largest absolute Gasteiger partial charge is 0.547 e. The predicted molar refractivity (Wildman–Crippen MR) is 57.2 cm³/mol. The van der Waals surface area contributed by atoms with Crippen molar-refractivity contribution in [2.75, 3.05) is 6.61 Å². The van der Waals surface area contributed by atoms with Gasteiger partial charge in [-0.25, -0.2) is 0 Å². The van der Waals surface area contributed by atoms with E-state index >= 15 is 0 Å². The molecule has 4 nitrogen and oxygen atoms in total. The zero-order chi connectivity index (χ0) is 14.6. The van der Waals surface area contributed by atoms with Gasteiger partial charge in [-0.1, -0.05) is 6.07 Å². The van der Waals surface area contributed by atoms with Crippen LogP contribution in [0.1, 0.15) is 18.1 Å². The molecule has 0 heterocycles. The van der Waals surface area contributed by atoms with Crippen molar-refractivity contribution in [3.05, 3.63) is 29.3 Å². The summed E-state index contributed by atoms with van der Waals surface area (Å²) in [6.07, 6.45) is -6.63. The molecule has 0 aromatic heterocycles. The number of carboxylic acids is 1. The SMILES string of the molecule is CCO[C@@H](Cc1ccc(O)cc1C(F)(F)F)C(=O)[O-]. The Bertz CT molecular complexity index is 457. The second kappa shape index (κ2) is 5.92. The number of aromatic hydroxyl groups is 1. The highest BCUT2D eigenvalue weighted by Gasteiger charge is 2.34. The molecular weight excluding hydrogens is 265 g/mol. The first-order valence-electron chi connectivity index (χ1n) is 5.47. The van der Waals surface area contributed by atoms with Crippen LogP contribution in [0.5, 0.6) is 5.75 Å². The zero-order valence-electron chi connectivity index (χ0n) is 10.0. The van der Waals surface area contributed by atoms with Crippen molar-refractivity contribution in [3.8, 4) is 5.75 Å². The van der Waals surface area contributed by atoms with Crippen LogP contribution < -0.4 is 5.11 Å². The number of ether oxygens (including phenoxy) is 1. The molecule has 19 heavy (non-hydrogen) atoms. The van der Waals surface area contributed by atoms with Gasteiger partial charge in [0.2, 0.25) is 0 Å². The van der Waals surface area contributed by atoms with Gasteiger partial charge in [0.25, 0.3) is 0 Å². The van der Waals surface area contributed by atoms with Gasteiger partial charge in [-0.3, -0.25) is 0 Å². The van der Waals surface area contributed by atoms with E-state index in [9.17, 15) is 23.1 Å². The minimum Gasteiger partial charge on any atom is -0.547 e. The molecule has 0 unspecified atom stereocenters. The summed E-state index contributed by atoms with van der Waals surface area (Å²) in [5.74, 6) is -2.12. The van der Waals surface area contributed by atoms with Crippen molar-refractivity contribution in [1.29, 1.82) is 0 Å². The van der Waals surface area contributed by atoms with Crippen LogP contribution in [0, 0.1) is 0 Å². The van der Waals surface area contributed by atoms with E-state index in [1.165, 1.54) is 6.92 Å². The van der Waals surface area contributed by atoms with Crippen LogP contribution in [0.2, 0.25) is 0 Å². The number of carbonyl (C=O) groups excluding carboxylic acids is 1. The molecule has 1 rings (SSSR count). The summed E-state index contributed by atoms with van der Waals surface area (Å²) in [5.41, 5.74) is -1.36. The normalized spacial score (nSPS) is 13.3. The fourth-order valence-corrected chi connectivity index (χ4v) is 1.62. The standard InChI is InChI=1S/C12H13F3O4/c1-2-19-10(11(17)18)5-7-3-4-8(16)6-9(7)12(13,14)15/h3-4,6,10,16H,2,5H2,1H3,(H,17,18)/p-1/t10-/m0/s1. The average molecular weight is 277 g/mol. The van der Waals surface area contributed by atoms with Gasteiger partial charge in [-0.05, 0) is 24.6 Å². The van der Waals surface area contributed by atoms with Crippen LogP contribution in [0.3, 0.4) is 0 Å². The summed E-state index contributed by atoms with van der Waals surface area (Å²) in [6, 6.07) is 2.63. The lowest BCUT2D eigenvalue weighted by Gasteiger charge is -2.20. The number of benzene rings is 1. The fraction of sp³-hybridized carbons (Fsp3) is 0.417. The maximum atomic E-state index is 12.8. The summed E-state index contributed by atoms with van der Waals surface area (Å²) in [5, 5.41) is 19.8. The molecule has 1 atom stereocenters. The Morgan fingerprint density at radius 1 is 1.47 bits per heavy atom. The van der Waals surface area contributed by atoms with Crippen LogP contribution >= 0.6 is 0 Å². The Balaban J connectivity index is 3.09. The van der Waals surface area contributed by atoms with Crippen molar-refractivity contribution in [3.63, 3.8) is 0 Å². The fourth-order valence-electron chi connectivity index (χ4n) is 1.62. The minimum absolute atomic E-state index is 0.0398. The van der Waals surface area contributed by atoms with Crippen molar-refractivity contribution in [1.82, 2.24) is 0 Å². The Hall–Kier alpha value is -1.76. The van der Waals surface area contributed by atoms with Gasteiger partial charge in [0.15, 0.2) is 0 Å². The van der Waals surface area contributed by atoms with E-state index in [2.05, 4.69) is 0 Å². The maximum Gasteiger partial charge on any atom is 0.416 e. The number of carboxylic acid groups (broad SMARTS) is 1. The van der Waals surface area contributed by atoms with Gasteiger partial charge < -0.3 is 19.7 Å².